The van der Waals surface area contributed by atoms with Crippen LogP contribution in [0.15, 0.2) is 24.3 Å². The molecule has 0 radical (unpaired) electrons. The molecule has 1 amide bonds. The molecule has 0 aliphatic carbocycles. The molecule has 1 N–H and O–H groups in total. The molecular weight excluding hydrogens is 332 g/mol. The van der Waals surface area contributed by atoms with E-state index in [1.807, 2.05) is 18.2 Å². The van der Waals surface area contributed by atoms with E-state index in [1.54, 1.807) is 6.07 Å². The van der Waals surface area contributed by atoms with Gasteiger partial charge in [-0.1, -0.05) is 35.0 Å². The van der Waals surface area contributed by atoms with E-state index in [9.17, 15) is 4.79 Å². The minimum atomic E-state index is -0.326. The first-order valence-electron chi connectivity index (χ1n) is 7.79. The van der Waals surface area contributed by atoms with E-state index in [1.165, 1.54) is 11.8 Å². The summed E-state index contributed by atoms with van der Waals surface area (Å²) in [5, 5.41) is 11.4. The summed E-state index contributed by atoms with van der Waals surface area (Å²) in [6, 6.07) is 7.43. The molecule has 0 unspecified atom stereocenters. The lowest BCUT2D eigenvalue weighted by atomic mass is 10.2. The van der Waals surface area contributed by atoms with Crippen molar-refractivity contribution in [3.8, 4) is 5.88 Å². The van der Waals surface area contributed by atoms with Crippen LogP contribution < -0.4 is 10.1 Å². The Morgan fingerprint density at radius 1 is 1.50 bits per heavy atom. The molecule has 1 aliphatic rings. The highest BCUT2D eigenvalue weighted by molar-refractivity contribution is 6.31. The van der Waals surface area contributed by atoms with Crippen molar-refractivity contribution in [2.45, 2.75) is 25.5 Å². The standard InChI is InChI=1S/C16H19ClN4O3/c1-23-16-14(15(22)18-9-12-6-4-8-24-12)19-20-21(16)10-11-5-2-3-7-13(11)17/h2-3,5,7,12H,4,6,8-10H2,1H3,(H,18,22)/t12-/m0/s1. The number of nitrogens with zero attached hydrogens (tertiary/aromatic N) is 3. The van der Waals surface area contributed by atoms with Gasteiger partial charge in [0, 0.05) is 18.2 Å². The molecule has 8 heteroatoms. The number of carbonyl (C=O) groups is 1. The average Bonchev–Trinajstić information content (AvgIpc) is 3.24. The van der Waals surface area contributed by atoms with Gasteiger partial charge in [0.15, 0.2) is 0 Å². The van der Waals surface area contributed by atoms with Gasteiger partial charge in [0.05, 0.1) is 19.8 Å². The van der Waals surface area contributed by atoms with Gasteiger partial charge < -0.3 is 14.8 Å². The zero-order valence-electron chi connectivity index (χ0n) is 13.4. The fourth-order valence-electron chi connectivity index (χ4n) is 2.64. The summed E-state index contributed by atoms with van der Waals surface area (Å²) in [5.41, 5.74) is 1.02. The summed E-state index contributed by atoms with van der Waals surface area (Å²) in [5.74, 6) is -0.0208. The first-order chi connectivity index (χ1) is 11.7. The highest BCUT2D eigenvalue weighted by Crippen LogP contribution is 2.21. The molecular formula is C16H19ClN4O3. The SMILES string of the molecule is COc1c(C(=O)NC[C@@H]2CCCO2)nnn1Cc1ccccc1Cl. The van der Waals surface area contributed by atoms with Crippen LogP contribution in [0.2, 0.25) is 5.02 Å². The van der Waals surface area contributed by atoms with Crippen LogP contribution in [-0.4, -0.2) is 47.3 Å². The second-order valence-electron chi connectivity index (χ2n) is 5.54. The van der Waals surface area contributed by atoms with E-state index in [0.717, 1.165) is 25.0 Å². The fraction of sp³-hybridized carbons (Fsp3) is 0.438. The number of carbonyl (C=O) groups excluding carboxylic acids is 1. The van der Waals surface area contributed by atoms with E-state index in [0.29, 0.717) is 24.0 Å². The summed E-state index contributed by atoms with van der Waals surface area (Å²) >= 11 is 6.17. The maximum Gasteiger partial charge on any atom is 0.277 e. The fourth-order valence-corrected chi connectivity index (χ4v) is 2.83. The molecule has 0 spiro atoms. The predicted molar refractivity (Wildman–Crippen MR) is 88.4 cm³/mol. The molecule has 0 saturated carbocycles. The number of amides is 1. The van der Waals surface area contributed by atoms with Crippen molar-refractivity contribution in [2.24, 2.45) is 0 Å². The lowest BCUT2D eigenvalue weighted by Crippen LogP contribution is -2.32. The largest absolute Gasteiger partial charge is 0.479 e. The number of nitrogens with one attached hydrogen (secondary N) is 1. The van der Waals surface area contributed by atoms with Gasteiger partial charge >= 0.3 is 0 Å². The van der Waals surface area contributed by atoms with Crippen molar-refractivity contribution in [1.29, 1.82) is 0 Å². The number of halogens is 1. The molecule has 1 saturated heterocycles. The highest BCUT2D eigenvalue weighted by Gasteiger charge is 2.23. The van der Waals surface area contributed by atoms with Crippen molar-refractivity contribution in [2.75, 3.05) is 20.3 Å². The second-order valence-corrected chi connectivity index (χ2v) is 5.95. The van der Waals surface area contributed by atoms with Crippen LogP contribution in [0.25, 0.3) is 0 Å². The van der Waals surface area contributed by atoms with Crippen molar-refractivity contribution in [3.63, 3.8) is 0 Å². The Balaban J connectivity index is 1.71. The Kier molecular flexibility index (Phi) is 5.32. The van der Waals surface area contributed by atoms with E-state index >= 15 is 0 Å². The van der Waals surface area contributed by atoms with Crippen LogP contribution in [0, 0.1) is 0 Å². The third-order valence-corrected chi connectivity index (χ3v) is 4.26. The number of hydrogen-bond donors (Lipinski definition) is 1. The van der Waals surface area contributed by atoms with Gasteiger partial charge in [-0.15, -0.1) is 5.10 Å². The number of rotatable bonds is 6. The number of hydrogen-bond acceptors (Lipinski definition) is 5. The smallest absolute Gasteiger partial charge is 0.277 e. The van der Waals surface area contributed by atoms with Crippen molar-refractivity contribution in [1.82, 2.24) is 20.3 Å². The molecule has 24 heavy (non-hydrogen) atoms. The van der Waals surface area contributed by atoms with Gasteiger partial charge in [0.1, 0.15) is 0 Å². The predicted octanol–water partition coefficient (Wildman–Crippen LogP) is 1.90. The van der Waals surface area contributed by atoms with Gasteiger partial charge in [-0.3, -0.25) is 4.79 Å². The van der Waals surface area contributed by atoms with Gasteiger partial charge in [0.2, 0.25) is 11.6 Å². The Bertz CT molecular complexity index is 713. The Morgan fingerprint density at radius 2 is 2.33 bits per heavy atom. The molecule has 1 aliphatic heterocycles. The maximum absolute atomic E-state index is 12.3. The van der Waals surface area contributed by atoms with Gasteiger partial charge in [-0.2, -0.15) is 0 Å². The molecule has 1 fully saturated rings. The second kappa shape index (κ2) is 7.63. The summed E-state index contributed by atoms with van der Waals surface area (Å²) in [4.78, 5) is 12.3. The third kappa shape index (κ3) is 3.68. The van der Waals surface area contributed by atoms with E-state index in [4.69, 9.17) is 21.1 Å². The van der Waals surface area contributed by atoms with Gasteiger partial charge in [-0.25, -0.2) is 4.68 Å². The minimum Gasteiger partial charge on any atom is -0.479 e. The van der Waals surface area contributed by atoms with Crippen LogP contribution in [0.3, 0.4) is 0 Å². The van der Waals surface area contributed by atoms with Crippen LogP contribution in [0.4, 0.5) is 0 Å². The van der Waals surface area contributed by atoms with Gasteiger partial charge in [0.25, 0.3) is 5.91 Å². The zero-order chi connectivity index (χ0) is 16.9. The Labute approximate surface area is 144 Å². The van der Waals surface area contributed by atoms with Crippen LogP contribution in [-0.2, 0) is 11.3 Å². The average molecular weight is 351 g/mol. The van der Waals surface area contributed by atoms with E-state index in [-0.39, 0.29) is 17.7 Å². The lowest BCUT2D eigenvalue weighted by molar-refractivity contribution is 0.0851. The van der Waals surface area contributed by atoms with Crippen molar-refractivity contribution < 1.29 is 14.3 Å². The van der Waals surface area contributed by atoms with Crippen LogP contribution in [0.5, 0.6) is 5.88 Å². The molecule has 1 aromatic carbocycles. The minimum absolute atomic E-state index is 0.0677. The van der Waals surface area contributed by atoms with Crippen LogP contribution >= 0.6 is 11.6 Å². The van der Waals surface area contributed by atoms with E-state index in [2.05, 4.69) is 15.6 Å². The summed E-state index contributed by atoms with van der Waals surface area (Å²) < 4.78 is 12.3. The molecule has 1 aromatic heterocycles. The molecule has 7 nitrogen and oxygen atoms in total. The monoisotopic (exact) mass is 350 g/mol. The normalized spacial score (nSPS) is 17.0. The number of methoxy groups -OCH3 is 1. The number of ether oxygens (including phenoxy) is 2. The molecule has 2 aromatic rings. The maximum atomic E-state index is 12.3. The molecule has 0 bridgehead atoms. The number of aromatic nitrogens is 3. The van der Waals surface area contributed by atoms with Crippen molar-refractivity contribution >= 4 is 17.5 Å². The molecule has 1 atom stereocenters. The third-order valence-electron chi connectivity index (χ3n) is 3.89. The summed E-state index contributed by atoms with van der Waals surface area (Å²) in [6.07, 6.45) is 2.05. The van der Waals surface area contributed by atoms with Crippen molar-refractivity contribution in [3.05, 3.63) is 40.5 Å². The van der Waals surface area contributed by atoms with E-state index < -0.39 is 0 Å². The molecule has 128 valence electrons. The highest BCUT2D eigenvalue weighted by atomic mass is 35.5. The first kappa shape index (κ1) is 16.7. The lowest BCUT2D eigenvalue weighted by Gasteiger charge is -2.10. The first-order valence-corrected chi connectivity index (χ1v) is 8.17. The Morgan fingerprint density at radius 3 is 3.04 bits per heavy atom. The van der Waals surface area contributed by atoms with Gasteiger partial charge in [-0.05, 0) is 24.5 Å². The summed E-state index contributed by atoms with van der Waals surface area (Å²) in [7, 11) is 1.48. The zero-order valence-corrected chi connectivity index (χ0v) is 14.1. The Hall–Kier alpha value is -2.12. The molecule has 3 rings (SSSR count). The molecule has 2 heterocycles. The number of benzene rings is 1. The topological polar surface area (TPSA) is 78.3 Å². The van der Waals surface area contributed by atoms with Crippen LogP contribution in [0.1, 0.15) is 28.9 Å². The quantitative estimate of drug-likeness (QED) is 0.860. The summed E-state index contributed by atoms with van der Waals surface area (Å²) in [6.45, 7) is 1.58.